The number of thiocyanates is 1. The van der Waals surface area contributed by atoms with Crippen LogP contribution in [0.3, 0.4) is 0 Å². The number of thioether (sulfide) groups is 1. The van der Waals surface area contributed by atoms with Crippen molar-refractivity contribution < 1.29 is 0 Å². The van der Waals surface area contributed by atoms with E-state index in [0.717, 1.165) is 6.42 Å². The van der Waals surface area contributed by atoms with E-state index < -0.39 is 0 Å². The zero-order valence-electron chi connectivity index (χ0n) is 4.64. The van der Waals surface area contributed by atoms with Crippen molar-refractivity contribution in [3.8, 4) is 5.40 Å². The third-order valence-electron chi connectivity index (χ3n) is 0.829. The second-order valence-electron chi connectivity index (χ2n) is 1.43. The Kier molecular flexibility index (Phi) is 3.92. The van der Waals surface area contributed by atoms with Gasteiger partial charge < -0.3 is 0 Å². The minimum absolute atomic E-state index is 0.505. The molecule has 0 saturated heterocycles. The zero-order chi connectivity index (χ0) is 5.70. The lowest BCUT2D eigenvalue weighted by Crippen LogP contribution is -1.87. The molecule has 0 N–H and O–H groups in total. The van der Waals surface area contributed by atoms with Crippen molar-refractivity contribution in [1.82, 2.24) is 0 Å². The summed E-state index contributed by atoms with van der Waals surface area (Å²) in [5, 5.41) is 10.6. The van der Waals surface area contributed by atoms with E-state index in [1.165, 1.54) is 11.8 Å². The quantitative estimate of drug-likeness (QED) is 0.514. The van der Waals surface area contributed by atoms with Crippen molar-refractivity contribution in [1.29, 1.82) is 5.26 Å². The molecule has 1 atom stereocenters. The fourth-order valence-electron chi connectivity index (χ4n) is 0.173. The van der Waals surface area contributed by atoms with Gasteiger partial charge in [0.05, 0.1) is 0 Å². The Morgan fingerprint density at radius 3 is 2.57 bits per heavy atom. The Balaban J connectivity index is 3.03. The SMILES string of the molecule is CC[C@@H](C)SC#N. The third kappa shape index (κ3) is 3.68. The third-order valence-corrected chi connectivity index (χ3v) is 1.67. The molecule has 0 unspecified atom stereocenters. The van der Waals surface area contributed by atoms with Crippen LogP contribution in [0.2, 0.25) is 0 Å². The molecule has 2 heteroatoms. The molecule has 7 heavy (non-hydrogen) atoms. The molecule has 0 heterocycles. The minimum Gasteiger partial charge on any atom is -0.185 e. The molecule has 0 saturated carbocycles. The van der Waals surface area contributed by atoms with Gasteiger partial charge in [0, 0.05) is 5.25 Å². The maximum atomic E-state index is 8.08. The molecular weight excluding hydrogens is 106 g/mol. The molecule has 0 amide bonds. The first-order chi connectivity index (χ1) is 3.31. The molecule has 0 aromatic rings. The summed E-state index contributed by atoms with van der Waals surface area (Å²) in [4.78, 5) is 0. The summed E-state index contributed by atoms with van der Waals surface area (Å²) in [6.45, 7) is 4.13. The van der Waals surface area contributed by atoms with Crippen molar-refractivity contribution in [2.75, 3.05) is 0 Å². The second kappa shape index (κ2) is 4.01. The van der Waals surface area contributed by atoms with Gasteiger partial charge in [-0.05, 0) is 18.2 Å². The van der Waals surface area contributed by atoms with Crippen LogP contribution < -0.4 is 0 Å². The molecular formula is C5H9NS. The molecule has 0 spiro atoms. The summed E-state index contributed by atoms with van der Waals surface area (Å²) in [7, 11) is 0. The summed E-state index contributed by atoms with van der Waals surface area (Å²) in [6.07, 6.45) is 1.08. The van der Waals surface area contributed by atoms with E-state index in [0.29, 0.717) is 5.25 Å². The average Bonchev–Trinajstić information content (AvgIpc) is 1.68. The molecule has 0 radical (unpaired) electrons. The van der Waals surface area contributed by atoms with Gasteiger partial charge in [0.25, 0.3) is 0 Å². The molecule has 0 bridgehead atoms. The summed E-state index contributed by atoms with van der Waals surface area (Å²) in [6, 6.07) is 0. The Labute approximate surface area is 48.7 Å². The normalized spacial score (nSPS) is 12.7. The predicted octanol–water partition coefficient (Wildman–Crippen LogP) is 2.00. The molecule has 40 valence electrons. The number of nitriles is 1. The van der Waals surface area contributed by atoms with Crippen LogP contribution in [0.1, 0.15) is 20.3 Å². The van der Waals surface area contributed by atoms with Crippen molar-refractivity contribution in [3.63, 3.8) is 0 Å². The van der Waals surface area contributed by atoms with Gasteiger partial charge in [0.2, 0.25) is 0 Å². The van der Waals surface area contributed by atoms with E-state index in [-0.39, 0.29) is 0 Å². The standard InChI is InChI=1S/C5H9NS/c1-3-5(2)7-4-6/h5H,3H2,1-2H3/t5-/m1/s1. The average molecular weight is 115 g/mol. The second-order valence-corrected chi connectivity index (χ2v) is 2.65. The largest absolute Gasteiger partial charge is 0.185 e. The van der Waals surface area contributed by atoms with Crippen molar-refractivity contribution in [2.24, 2.45) is 0 Å². The van der Waals surface area contributed by atoms with Crippen LogP contribution in [0.25, 0.3) is 0 Å². The number of nitrogens with zero attached hydrogens (tertiary/aromatic N) is 1. The molecule has 0 aliphatic carbocycles. The predicted molar refractivity (Wildman–Crippen MR) is 33.0 cm³/mol. The molecule has 0 fully saturated rings. The smallest absolute Gasteiger partial charge is 0.133 e. The van der Waals surface area contributed by atoms with Gasteiger partial charge in [0.15, 0.2) is 0 Å². The zero-order valence-corrected chi connectivity index (χ0v) is 5.46. The maximum absolute atomic E-state index is 8.08. The maximum Gasteiger partial charge on any atom is 0.133 e. The molecule has 0 rings (SSSR count). The van der Waals surface area contributed by atoms with Crippen LogP contribution in [0, 0.1) is 10.7 Å². The van der Waals surface area contributed by atoms with Gasteiger partial charge in [-0.2, -0.15) is 5.26 Å². The highest BCUT2D eigenvalue weighted by Gasteiger charge is 1.93. The van der Waals surface area contributed by atoms with Crippen LogP contribution in [0.5, 0.6) is 0 Å². The summed E-state index contributed by atoms with van der Waals surface area (Å²) in [5.74, 6) is 0. The van der Waals surface area contributed by atoms with Crippen LogP contribution in [0.4, 0.5) is 0 Å². The highest BCUT2D eigenvalue weighted by atomic mass is 32.2. The molecule has 0 aromatic heterocycles. The first-order valence-electron chi connectivity index (χ1n) is 2.36. The fourth-order valence-corrected chi connectivity index (χ4v) is 0.520. The van der Waals surface area contributed by atoms with E-state index in [9.17, 15) is 0 Å². The fraction of sp³-hybridized carbons (Fsp3) is 0.800. The molecule has 0 aromatic carbocycles. The Hall–Kier alpha value is -0.160. The Bertz CT molecular complexity index is 74.6. The summed E-state index contributed by atoms with van der Waals surface area (Å²) in [5.41, 5.74) is 0. The van der Waals surface area contributed by atoms with E-state index in [1.54, 1.807) is 0 Å². The van der Waals surface area contributed by atoms with Crippen LogP contribution in [0.15, 0.2) is 0 Å². The molecule has 0 aliphatic heterocycles. The van der Waals surface area contributed by atoms with Gasteiger partial charge in [-0.1, -0.05) is 13.8 Å². The summed E-state index contributed by atoms with van der Waals surface area (Å²) >= 11 is 1.34. The summed E-state index contributed by atoms with van der Waals surface area (Å²) < 4.78 is 0. The lowest BCUT2D eigenvalue weighted by Gasteiger charge is -1.95. The van der Waals surface area contributed by atoms with E-state index in [2.05, 4.69) is 6.92 Å². The van der Waals surface area contributed by atoms with Gasteiger partial charge in [-0.3, -0.25) is 0 Å². The Morgan fingerprint density at radius 2 is 2.43 bits per heavy atom. The number of hydrogen-bond acceptors (Lipinski definition) is 2. The lowest BCUT2D eigenvalue weighted by molar-refractivity contribution is 0.910. The van der Waals surface area contributed by atoms with Gasteiger partial charge in [-0.25, -0.2) is 0 Å². The van der Waals surface area contributed by atoms with Crippen LogP contribution >= 0.6 is 11.8 Å². The highest BCUT2D eigenvalue weighted by molar-refractivity contribution is 8.04. The first-order valence-corrected chi connectivity index (χ1v) is 3.24. The van der Waals surface area contributed by atoms with Crippen molar-refractivity contribution in [2.45, 2.75) is 25.5 Å². The highest BCUT2D eigenvalue weighted by Crippen LogP contribution is 2.09. The minimum atomic E-state index is 0.505. The topological polar surface area (TPSA) is 23.8 Å². The first kappa shape index (κ1) is 6.84. The van der Waals surface area contributed by atoms with Gasteiger partial charge in [0.1, 0.15) is 5.40 Å². The number of hydrogen-bond donors (Lipinski definition) is 0. The molecule has 1 nitrogen and oxygen atoms in total. The Morgan fingerprint density at radius 1 is 1.86 bits per heavy atom. The van der Waals surface area contributed by atoms with E-state index in [1.807, 2.05) is 12.3 Å². The lowest BCUT2D eigenvalue weighted by atomic mass is 10.4. The van der Waals surface area contributed by atoms with Crippen LogP contribution in [-0.2, 0) is 0 Å². The van der Waals surface area contributed by atoms with E-state index in [4.69, 9.17) is 5.26 Å². The van der Waals surface area contributed by atoms with E-state index >= 15 is 0 Å². The van der Waals surface area contributed by atoms with Gasteiger partial charge >= 0.3 is 0 Å². The van der Waals surface area contributed by atoms with Crippen molar-refractivity contribution >= 4 is 11.8 Å². The van der Waals surface area contributed by atoms with Crippen LogP contribution in [-0.4, -0.2) is 5.25 Å². The molecule has 0 aliphatic rings. The van der Waals surface area contributed by atoms with Crippen molar-refractivity contribution in [3.05, 3.63) is 0 Å². The number of rotatable bonds is 2. The van der Waals surface area contributed by atoms with Gasteiger partial charge in [-0.15, -0.1) is 0 Å². The monoisotopic (exact) mass is 115 g/mol.